The minimum absolute atomic E-state index is 0.212. The van der Waals surface area contributed by atoms with E-state index in [1.807, 2.05) is 0 Å². The predicted molar refractivity (Wildman–Crippen MR) is 58.7 cm³/mol. The fourth-order valence-corrected chi connectivity index (χ4v) is 2.62. The SMILES string of the molecule is CC(C)C1CCCC(Br)(C#N)CC1. The van der Waals surface area contributed by atoms with E-state index in [0.29, 0.717) is 0 Å². The summed E-state index contributed by atoms with van der Waals surface area (Å²) in [6, 6.07) is 2.40. The molecule has 1 fully saturated rings. The van der Waals surface area contributed by atoms with Gasteiger partial charge in [-0.15, -0.1) is 0 Å². The van der Waals surface area contributed by atoms with Crippen LogP contribution in [-0.4, -0.2) is 4.32 Å². The van der Waals surface area contributed by atoms with Crippen molar-refractivity contribution >= 4 is 15.9 Å². The Morgan fingerprint density at radius 3 is 2.62 bits per heavy atom. The first kappa shape index (κ1) is 11.0. The van der Waals surface area contributed by atoms with Crippen LogP contribution < -0.4 is 0 Å². The molecule has 1 saturated carbocycles. The van der Waals surface area contributed by atoms with Crippen LogP contribution in [0.15, 0.2) is 0 Å². The Morgan fingerprint density at radius 2 is 2.08 bits per heavy atom. The zero-order valence-corrected chi connectivity index (χ0v) is 10.1. The number of nitriles is 1. The first-order valence-corrected chi connectivity index (χ1v) is 5.97. The van der Waals surface area contributed by atoms with Crippen LogP contribution in [0.5, 0.6) is 0 Å². The molecule has 2 heteroatoms. The molecule has 0 amide bonds. The Balaban J connectivity index is 2.55. The number of rotatable bonds is 1. The van der Waals surface area contributed by atoms with Crippen LogP contribution >= 0.6 is 15.9 Å². The zero-order chi connectivity index (χ0) is 9.90. The smallest absolute Gasteiger partial charge is 0.112 e. The number of nitrogens with zero attached hydrogens (tertiary/aromatic N) is 1. The summed E-state index contributed by atoms with van der Waals surface area (Å²) in [6.45, 7) is 4.58. The van der Waals surface area contributed by atoms with Crippen LogP contribution in [-0.2, 0) is 0 Å². The summed E-state index contributed by atoms with van der Waals surface area (Å²) in [7, 11) is 0. The van der Waals surface area contributed by atoms with Gasteiger partial charge in [-0.05, 0) is 31.1 Å². The Kier molecular flexibility index (Phi) is 3.79. The van der Waals surface area contributed by atoms with Gasteiger partial charge in [0.2, 0.25) is 0 Å². The van der Waals surface area contributed by atoms with Crippen molar-refractivity contribution in [3.8, 4) is 6.07 Å². The molecule has 1 aliphatic rings. The molecule has 0 spiro atoms. The molecule has 0 aliphatic heterocycles. The summed E-state index contributed by atoms with van der Waals surface area (Å²) in [5, 5.41) is 9.00. The largest absolute Gasteiger partial charge is 0.197 e. The van der Waals surface area contributed by atoms with Crippen LogP contribution in [0.3, 0.4) is 0 Å². The van der Waals surface area contributed by atoms with Gasteiger partial charge in [0.1, 0.15) is 4.32 Å². The lowest BCUT2D eigenvalue weighted by Gasteiger charge is -2.19. The Labute approximate surface area is 89.6 Å². The van der Waals surface area contributed by atoms with E-state index in [2.05, 4.69) is 35.8 Å². The zero-order valence-electron chi connectivity index (χ0n) is 8.52. The minimum atomic E-state index is -0.212. The van der Waals surface area contributed by atoms with E-state index >= 15 is 0 Å². The van der Waals surface area contributed by atoms with E-state index in [-0.39, 0.29) is 4.32 Å². The molecule has 0 bridgehead atoms. The van der Waals surface area contributed by atoms with E-state index < -0.39 is 0 Å². The van der Waals surface area contributed by atoms with Gasteiger partial charge in [-0.25, -0.2) is 0 Å². The molecule has 0 radical (unpaired) electrons. The number of hydrogen-bond acceptors (Lipinski definition) is 1. The van der Waals surface area contributed by atoms with Crippen LogP contribution in [0, 0.1) is 23.2 Å². The van der Waals surface area contributed by atoms with Crippen molar-refractivity contribution < 1.29 is 0 Å². The summed E-state index contributed by atoms with van der Waals surface area (Å²) < 4.78 is -0.212. The van der Waals surface area contributed by atoms with Gasteiger partial charge in [0.15, 0.2) is 0 Å². The van der Waals surface area contributed by atoms with Gasteiger partial charge in [-0.3, -0.25) is 0 Å². The molecule has 2 unspecified atom stereocenters. The average molecular weight is 244 g/mol. The minimum Gasteiger partial charge on any atom is -0.197 e. The van der Waals surface area contributed by atoms with E-state index in [9.17, 15) is 0 Å². The molecule has 1 nitrogen and oxygen atoms in total. The lowest BCUT2D eigenvalue weighted by Crippen LogP contribution is -2.16. The fraction of sp³-hybridized carbons (Fsp3) is 0.909. The second-order valence-corrected chi connectivity index (χ2v) is 6.03. The highest BCUT2D eigenvalue weighted by atomic mass is 79.9. The monoisotopic (exact) mass is 243 g/mol. The van der Waals surface area contributed by atoms with Crippen molar-refractivity contribution in [3.63, 3.8) is 0 Å². The van der Waals surface area contributed by atoms with Crippen molar-refractivity contribution in [2.45, 2.75) is 50.3 Å². The van der Waals surface area contributed by atoms with Crippen LogP contribution in [0.1, 0.15) is 46.0 Å². The molecule has 0 aromatic carbocycles. The van der Waals surface area contributed by atoms with Gasteiger partial charge in [-0.2, -0.15) is 5.26 Å². The molecule has 13 heavy (non-hydrogen) atoms. The summed E-state index contributed by atoms with van der Waals surface area (Å²) in [6.07, 6.45) is 5.74. The summed E-state index contributed by atoms with van der Waals surface area (Å²) >= 11 is 3.56. The second-order valence-electron chi connectivity index (χ2n) is 4.51. The topological polar surface area (TPSA) is 23.8 Å². The van der Waals surface area contributed by atoms with Crippen LogP contribution in [0.2, 0.25) is 0 Å². The first-order valence-electron chi connectivity index (χ1n) is 5.17. The van der Waals surface area contributed by atoms with Crippen molar-refractivity contribution in [1.29, 1.82) is 5.26 Å². The molecular weight excluding hydrogens is 226 g/mol. The molecule has 0 heterocycles. The maximum Gasteiger partial charge on any atom is 0.112 e. The third kappa shape index (κ3) is 2.98. The van der Waals surface area contributed by atoms with Gasteiger partial charge in [-0.1, -0.05) is 42.6 Å². The number of alkyl halides is 1. The molecule has 1 rings (SSSR count). The lowest BCUT2D eigenvalue weighted by molar-refractivity contribution is 0.341. The highest BCUT2D eigenvalue weighted by Gasteiger charge is 2.31. The molecule has 74 valence electrons. The standard InChI is InChI=1S/C11H18BrN/c1-9(2)10-4-3-6-11(12,8-13)7-5-10/h9-10H,3-7H2,1-2H3. The van der Waals surface area contributed by atoms with E-state index in [1.54, 1.807) is 0 Å². The lowest BCUT2D eigenvalue weighted by atomic mass is 9.88. The van der Waals surface area contributed by atoms with Gasteiger partial charge < -0.3 is 0 Å². The number of halogens is 1. The quantitative estimate of drug-likeness (QED) is 0.507. The van der Waals surface area contributed by atoms with Gasteiger partial charge in [0.25, 0.3) is 0 Å². The van der Waals surface area contributed by atoms with Gasteiger partial charge in [0, 0.05) is 0 Å². The first-order chi connectivity index (χ1) is 6.07. The Hall–Kier alpha value is -0.0300. The fourth-order valence-electron chi connectivity index (χ4n) is 2.11. The van der Waals surface area contributed by atoms with Crippen molar-refractivity contribution in [2.75, 3.05) is 0 Å². The van der Waals surface area contributed by atoms with Crippen LogP contribution in [0.25, 0.3) is 0 Å². The Bertz CT molecular complexity index is 207. The van der Waals surface area contributed by atoms with Gasteiger partial charge >= 0.3 is 0 Å². The third-order valence-electron chi connectivity index (χ3n) is 3.20. The van der Waals surface area contributed by atoms with Gasteiger partial charge in [0.05, 0.1) is 6.07 Å². The summed E-state index contributed by atoms with van der Waals surface area (Å²) in [4.78, 5) is 0. The molecule has 0 aromatic rings. The third-order valence-corrected chi connectivity index (χ3v) is 4.17. The molecule has 0 aromatic heterocycles. The molecule has 0 saturated heterocycles. The van der Waals surface area contributed by atoms with E-state index in [0.717, 1.165) is 24.7 Å². The molecular formula is C11H18BrN. The molecule has 2 atom stereocenters. The van der Waals surface area contributed by atoms with Crippen molar-refractivity contribution in [2.24, 2.45) is 11.8 Å². The van der Waals surface area contributed by atoms with Crippen molar-refractivity contribution in [1.82, 2.24) is 0 Å². The average Bonchev–Trinajstić information content (AvgIpc) is 2.28. The summed E-state index contributed by atoms with van der Waals surface area (Å²) in [5.74, 6) is 1.60. The molecule has 1 aliphatic carbocycles. The normalized spacial score (nSPS) is 35.5. The second kappa shape index (κ2) is 4.46. The van der Waals surface area contributed by atoms with E-state index in [1.165, 1.54) is 19.3 Å². The maximum absolute atomic E-state index is 9.00. The maximum atomic E-state index is 9.00. The van der Waals surface area contributed by atoms with E-state index in [4.69, 9.17) is 5.26 Å². The Morgan fingerprint density at radius 1 is 1.38 bits per heavy atom. The highest BCUT2D eigenvalue weighted by molar-refractivity contribution is 9.10. The number of hydrogen-bond donors (Lipinski definition) is 0. The van der Waals surface area contributed by atoms with Crippen LogP contribution in [0.4, 0.5) is 0 Å². The van der Waals surface area contributed by atoms with Crippen molar-refractivity contribution in [3.05, 3.63) is 0 Å². The molecule has 0 N–H and O–H groups in total. The summed E-state index contributed by atoms with van der Waals surface area (Å²) in [5.41, 5.74) is 0. The predicted octanol–water partition coefficient (Wildman–Crippen LogP) is 3.88. The highest BCUT2D eigenvalue weighted by Crippen LogP contribution is 2.38.